The van der Waals surface area contributed by atoms with Gasteiger partial charge in [-0.3, -0.25) is 0 Å². The van der Waals surface area contributed by atoms with Crippen LogP contribution in [0.4, 0.5) is 5.69 Å². The zero-order chi connectivity index (χ0) is 16.9. The van der Waals surface area contributed by atoms with Gasteiger partial charge in [-0.15, -0.1) is 0 Å². The molecule has 126 valence electrons. The third-order valence-corrected chi connectivity index (χ3v) is 4.83. The van der Waals surface area contributed by atoms with E-state index in [2.05, 4.69) is 89.8 Å². The largest absolute Gasteiger partial charge is 0.371 e. The van der Waals surface area contributed by atoms with Gasteiger partial charge in [-0.1, -0.05) is 72.8 Å². The molecule has 3 aromatic rings. The maximum Gasteiger partial charge on any atom is 0.0869 e. The summed E-state index contributed by atoms with van der Waals surface area (Å²) in [5, 5.41) is 0. The molecule has 0 spiro atoms. The zero-order valence-electron chi connectivity index (χ0n) is 14.3. The number of nitrogens with zero attached hydrogens (tertiary/aromatic N) is 1. The lowest BCUT2D eigenvalue weighted by atomic mass is 9.96. The van der Waals surface area contributed by atoms with Gasteiger partial charge in [-0.2, -0.15) is 0 Å². The van der Waals surface area contributed by atoms with Crippen molar-refractivity contribution in [2.45, 2.75) is 19.1 Å². The first-order valence-corrected chi connectivity index (χ1v) is 8.93. The molecule has 0 N–H and O–H groups in total. The van der Waals surface area contributed by atoms with Crippen molar-refractivity contribution >= 4 is 5.69 Å². The van der Waals surface area contributed by atoms with Gasteiger partial charge in [0.05, 0.1) is 12.7 Å². The molecule has 1 unspecified atom stereocenters. The van der Waals surface area contributed by atoms with Gasteiger partial charge in [-0.25, -0.2) is 0 Å². The number of benzene rings is 3. The highest BCUT2D eigenvalue weighted by Gasteiger charge is 2.21. The van der Waals surface area contributed by atoms with Crippen molar-refractivity contribution < 1.29 is 4.74 Å². The second-order valence-electron chi connectivity index (χ2n) is 6.51. The minimum Gasteiger partial charge on any atom is -0.371 e. The Balaban J connectivity index is 1.62. The Kier molecular flexibility index (Phi) is 4.80. The summed E-state index contributed by atoms with van der Waals surface area (Å²) >= 11 is 0. The van der Waals surface area contributed by atoms with Crippen molar-refractivity contribution in [2.75, 3.05) is 18.1 Å². The van der Waals surface area contributed by atoms with Gasteiger partial charge in [-0.05, 0) is 28.8 Å². The molecule has 4 rings (SSSR count). The molecule has 0 amide bonds. The van der Waals surface area contributed by atoms with Crippen LogP contribution in [0.25, 0.3) is 0 Å². The van der Waals surface area contributed by atoms with Crippen molar-refractivity contribution in [1.82, 2.24) is 0 Å². The highest BCUT2D eigenvalue weighted by atomic mass is 16.5. The average Bonchev–Trinajstić information content (AvgIpc) is 2.66. The number of rotatable bonds is 3. The van der Waals surface area contributed by atoms with Crippen LogP contribution in [-0.2, 0) is 17.7 Å². The number of hydrogen-bond acceptors (Lipinski definition) is 2. The fourth-order valence-corrected chi connectivity index (χ4v) is 3.53. The Morgan fingerprint density at radius 1 is 0.800 bits per heavy atom. The van der Waals surface area contributed by atoms with Crippen LogP contribution in [0.3, 0.4) is 0 Å². The van der Waals surface area contributed by atoms with Crippen LogP contribution in [0.2, 0.25) is 0 Å². The molecule has 25 heavy (non-hydrogen) atoms. The lowest BCUT2D eigenvalue weighted by molar-refractivity contribution is 0.0542. The van der Waals surface area contributed by atoms with Gasteiger partial charge in [0.15, 0.2) is 0 Å². The number of anilines is 1. The van der Waals surface area contributed by atoms with Gasteiger partial charge in [0, 0.05) is 25.2 Å². The fraction of sp³-hybridized carbons (Fsp3) is 0.217. The topological polar surface area (TPSA) is 12.5 Å². The first-order valence-electron chi connectivity index (χ1n) is 8.93. The number of para-hydroxylation sites is 1. The molecular formula is C23H23NO. The van der Waals surface area contributed by atoms with Gasteiger partial charge in [0.25, 0.3) is 0 Å². The molecule has 0 aliphatic carbocycles. The predicted molar refractivity (Wildman–Crippen MR) is 103 cm³/mol. The van der Waals surface area contributed by atoms with Gasteiger partial charge >= 0.3 is 0 Å². The molecule has 0 saturated heterocycles. The molecule has 1 aliphatic rings. The zero-order valence-corrected chi connectivity index (χ0v) is 14.3. The standard InChI is InChI=1S/C23H23NO/c1-3-9-19(10-4-1)17-23-22-14-8-7-11-20(22)18-24(15-16-25-23)21-12-5-2-6-13-21/h1-14,23H,15-18H2. The van der Waals surface area contributed by atoms with E-state index in [1.807, 2.05) is 0 Å². The summed E-state index contributed by atoms with van der Waals surface area (Å²) in [5.41, 5.74) is 5.24. The fourth-order valence-electron chi connectivity index (χ4n) is 3.53. The number of hydrogen-bond donors (Lipinski definition) is 0. The van der Waals surface area contributed by atoms with Crippen molar-refractivity contribution in [2.24, 2.45) is 0 Å². The van der Waals surface area contributed by atoms with Crippen molar-refractivity contribution in [3.05, 3.63) is 102 Å². The molecule has 1 heterocycles. The van der Waals surface area contributed by atoms with E-state index in [0.717, 1.165) is 26.1 Å². The predicted octanol–water partition coefficient (Wildman–Crippen LogP) is 5.01. The maximum absolute atomic E-state index is 6.32. The Bertz CT molecular complexity index is 801. The van der Waals surface area contributed by atoms with Crippen LogP contribution in [0, 0.1) is 0 Å². The summed E-state index contributed by atoms with van der Waals surface area (Å²) in [7, 11) is 0. The third kappa shape index (κ3) is 3.75. The molecule has 0 bridgehead atoms. The monoisotopic (exact) mass is 329 g/mol. The van der Waals surface area contributed by atoms with E-state index < -0.39 is 0 Å². The van der Waals surface area contributed by atoms with Crippen LogP contribution in [-0.4, -0.2) is 13.2 Å². The lowest BCUT2D eigenvalue weighted by Crippen LogP contribution is -2.31. The maximum atomic E-state index is 6.32. The van der Waals surface area contributed by atoms with E-state index in [-0.39, 0.29) is 6.10 Å². The van der Waals surface area contributed by atoms with Crippen LogP contribution < -0.4 is 4.90 Å². The Morgan fingerprint density at radius 2 is 1.48 bits per heavy atom. The summed E-state index contributed by atoms with van der Waals surface area (Å²) in [6.45, 7) is 2.57. The first kappa shape index (κ1) is 15.9. The summed E-state index contributed by atoms with van der Waals surface area (Å²) < 4.78 is 6.32. The van der Waals surface area contributed by atoms with Gasteiger partial charge < -0.3 is 9.64 Å². The van der Waals surface area contributed by atoms with Crippen LogP contribution in [0.5, 0.6) is 0 Å². The molecule has 3 aromatic carbocycles. The van der Waals surface area contributed by atoms with Gasteiger partial charge in [0.1, 0.15) is 0 Å². The molecule has 2 nitrogen and oxygen atoms in total. The quantitative estimate of drug-likeness (QED) is 0.670. The van der Waals surface area contributed by atoms with Crippen molar-refractivity contribution in [3.8, 4) is 0 Å². The molecule has 1 aliphatic heterocycles. The highest BCUT2D eigenvalue weighted by molar-refractivity contribution is 5.48. The van der Waals surface area contributed by atoms with Crippen LogP contribution in [0.1, 0.15) is 22.8 Å². The normalized spacial score (nSPS) is 17.4. The summed E-state index contributed by atoms with van der Waals surface area (Å²) in [4.78, 5) is 2.40. The Hall–Kier alpha value is -2.58. The van der Waals surface area contributed by atoms with Crippen LogP contribution in [0.15, 0.2) is 84.9 Å². The number of fused-ring (bicyclic) bond motifs is 1. The van der Waals surface area contributed by atoms with Crippen LogP contribution >= 0.6 is 0 Å². The van der Waals surface area contributed by atoms with E-state index >= 15 is 0 Å². The highest BCUT2D eigenvalue weighted by Crippen LogP contribution is 2.29. The first-order chi connectivity index (χ1) is 12.4. The molecular weight excluding hydrogens is 306 g/mol. The van der Waals surface area contributed by atoms with Crippen molar-refractivity contribution in [3.63, 3.8) is 0 Å². The van der Waals surface area contributed by atoms with E-state index in [9.17, 15) is 0 Å². The minimum absolute atomic E-state index is 0.122. The van der Waals surface area contributed by atoms with E-state index in [4.69, 9.17) is 4.74 Å². The third-order valence-electron chi connectivity index (χ3n) is 4.83. The SMILES string of the molecule is c1ccc(CC2OCCN(c3ccccc3)Cc3ccccc32)cc1. The molecule has 2 heteroatoms. The molecule has 0 aromatic heterocycles. The van der Waals surface area contributed by atoms with E-state index in [1.54, 1.807) is 0 Å². The summed E-state index contributed by atoms with van der Waals surface area (Å²) in [6.07, 6.45) is 1.04. The van der Waals surface area contributed by atoms with Gasteiger partial charge in [0.2, 0.25) is 0 Å². The second-order valence-corrected chi connectivity index (χ2v) is 6.51. The molecule has 0 fully saturated rings. The van der Waals surface area contributed by atoms with Crippen molar-refractivity contribution in [1.29, 1.82) is 0 Å². The second kappa shape index (κ2) is 7.54. The molecule has 0 radical (unpaired) electrons. The van der Waals surface area contributed by atoms with E-state index in [0.29, 0.717) is 0 Å². The minimum atomic E-state index is 0.122. The number of ether oxygens (including phenoxy) is 1. The van der Waals surface area contributed by atoms with E-state index in [1.165, 1.54) is 22.4 Å². The average molecular weight is 329 g/mol. The molecule has 1 atom stereocenters. The summed E-state index contributed by atoms with van der Waals surface area (Å²) in [5.74, 6) is 0. The lowest BCUT2D eigenvalue weighted by Gasteiger charge is -2.32. The molecule has 0 saturated carbocycles. The Labute approximate surface area is 149 Å². The summed E-state index contributed by atoms with van der Waals surface area (Å²) in [6, 6.07) is 29.9. The Morgan fingerprint density at radius 3 is 2.28 bits per heavy atom. The smallest absolute Gasteiger partial charge is 0.0869 e.